The molecule has 0 unspecified atom stereocenters. The molecule has 1 saturated heterocycles. The number of amides is 1. The molecule has 0 aromatic rings. The average Bonchev–Trinajstić information content (AvgIpc) is 3.62. The number of hydrogen-bond donors (Lipinski definition) is 0. The highest BCUT2D eigenvalue weighted by atomic mass is 16.6. The van der Waals surface area contributed by atoms with E-state index in [1.54, 1.807) is 4.90 Å². The van der Waals surface area contributed by atoms with Gasteiger partial charge in [-0.2, -0.15) is 0 Å². The lowest BCUT2D eigenvalue weighted by Crippen LogP contribution is -2.44. The first-order chi connectivity index (χ1) is 27.1. The van der Waals surface area contributed by atoms with E-state index in [0.29, 0.717) is 25.3 Å². The largest absolute Gasteiger partial charge is 0.444 e. The van der Waals surface area contributed by atoms with Crippen LogP contribution >= 0.6 is 0 Å². The van der Waals surface area contributed by atoms with Gasteiger partial charge in [0, 0.05) is 19.0 Å². The van der Waals surface area contributed by atoms with E-state index in [4.69, 9.17) is 4.74 Å². The molecule has 0 aromatic heterocycles. The summed E-state index contributed by atoms with van der Waals surface area (Å²) < 4.78 is 5.74. The second-order valence-electron chi connectivity index (χ2n) is 18.1. The Morgan fingerprint density at radius 1 is 0.607 bits per heavy atom. The molecule has 0 saturated carbocycles. The summed E-state index contributed by atoms with van der Waals surface area (Å²) in [6.45, 7) is 10.8. The molecule has 0 aliphatic carbocycles. The van der Waals surface area contributed by atoms with Crippen LogP contribution in [0.1, 0.15) is 221 Å². The van der Waals surface area contributed by atoms with Crippen LogP contribution in [0.25, 0.3) is 0 Å². The summed E-state index contributed by atoms with van der Waals surface area (Å²) in [5.74, 6) is 0.816. The first kappa shape index (κ1) is 51.9. The fourth-order valence-corrected chi connectivity index (χ4v) is 7.80. The lowest BCUT2D eigenvalue weighted by molar-refractivity contribution is -0.123. The van der Waals surface area contributed by atoms with Crippen molar-refractivity contribution in [2.24, 2.45) is 5.92 Å². The summed E-state index contributed by atoms with van der Waals surface area (Å²) in [5.41, 5.74) is -0.574. The van der Waals surface area contributed by atoms with Gasteiger partial charge in [-0.05, 0) is 118 Å². The van der Waals surface area contributed by atoms with Crippen molar-refractivity contribution < 1.29 is 14.3 Å². The molecule has 1 rings (SSSR count). The minimum Gasteiger partial charge on any atom is -0.444 e. The molecular formula is C51H92N2O3. The van der Waals surface area contributed by atoms with E-state index >= 15 is 0 Å². The molecule has 1 amide bonds. The highest BCUT2D eigenvalue weighted by Crippen LogP contribution is 2.28. The molecule has 0 N–H and O–H groups in total. The minimum absolute atomic E-state index is 0.184. The van der Waals surface area contributed by atoms with Gasteiger partial charge in [-0.15, -0.1) is 0 Å². The standard InChI is InChI=1S/C51H92N2O3/c1-8-10-12-14-16-18-20-22-24-26-28-30-32-34-36-38-40-46(41-39-37-35-33-31-29-27-25-23-21-19-17-15-13-11-9-2)42-43-49(54)48-44-47(52(6)7)45-53(48)50(55)56-51(3,4)5/h16-19,22-25,46-48H,8-15,20-21,26-45H2,1-7H3/b18-16-,19-17-,24-22-,25-23-/t47-,48-/m0/s1. The van der Waals surface area contributed by atoms with Gasteiger partial charge < -0.3 is 9.64 Å². The molecule has 0 aromatic carbocycles. The molecule has 0 radical (unpaired) electrons. The van der Waals surface area contributed by atoms with Crippen LogP contribution in [0.2, 0.25) is 0 Å². The molecular weight excluding hydrogens is 689 g/mol. The number of carbonyl (C=O) groups excluding carboxylic acids is 2. The van der Waals surface area contributed by atoms with Gasteiger partial charge in [0.15, 0.2) is 5.78 Å². The van der Waals surface area contributed by atoms with E-state index in [2.05, 4.69) is 67.4 Å². The van der Waals surface area contributed by atoms with Gasteiger partial charge in [0.1, 0.15) is 5.60 Å². The Labute approximate surface area is 348 Å². The Bertz CT molecular complexity index is 1020. The number of likely N-dealkylation sites (N-methyl/N-ethyl adjacent to an activating group) is 1. The number of ketones is 1. The van der Waals surface area contributed by atoms with Crippen molar-refractivity contribution in [3.63, 3.8) is 0 Å². The van der Waals surface area contributed by atoms with Crippen LogP contribution in [0, 0.1) is 5.92 Å². The topological polar surface area (TPSA) is 49.9 Å². The number of rotatable bonds is 35. The molecule has 1 heterocycles. The van der Waals surface area contributed by atoms with E-state index in [1.165, 1.54) is 154 Å². The van der Waals surface area contributed by atoms with E-state index in [1.807, 2.05) is 34.9 Å². The summed E-state index contributed by atoms with van der Waals surface area (Å²) in [6.07, 6.45) is 53.7. The molecule has 0 bridgehead atoms. The molecule has 56 heavy (non-hydrogen) atoms. The van der Waals surface area contributed by atoms with Crippen LogP contribution in [0.4, 0.5) is 4.79 Å². The highest BCUT2D eigenvalue weighted by Gasteiger charge is 2.41. The SMILES string of the molecule is CCCCC/C=C\C/C=C\CCCCCCCCC(CCCCCCCC/C=C\C/C=C\CCCCC)CCC(=O)[C@@H]1C[C@H](N(C)C)CN1C(=O)OC(C)(C)C. The highest BCUT2D eigenvalue weighted by molar-refractivity contribution is 5.88. The Balaban J connectivity index is 2.48. The molecule has 5 heteroatoms. The smallest absolute Gasteiger partial charge is 0.410 e. The monoisotopic (exact) mass is 781 g/mol. The molecule has 0 spiro atoms. The fourth-order valence-electron chi connectivity index (χ4n) is 7.80. The van der Waals surface area contributed by atoms with Crippen molar-refractivity contribution in [2.45, 2.75) is 239 Å². The zero-order valence-corrected chi connectivity index (χ0v) is 38.2. The fraction of sp³-hybridized carbons (Fsp3) is 0.804. The molecule has 5 nitrogen and oxygen atoms in total. The number of allylic oxidation sites excluding steroid dienone is 8. The van der Waals surface area contributed by atoms with Crippen molar-refractivity contribution in [3.05, 3.63) is 48.6 Å². The number of hydrogen-bond acceptors (Lipinski definition) is 4. The summed E-state index contributed by atoms with van der Waals surface area (Å²) in [7, 11) is 4.08. The number of nitrogens with zero attached hydrogens (tertiary/aromatic N) is 2. The van der Waals surface area contributed by atoms with Crippen molar-refractivity contribution in [1.82, 2.24) is 9.80 Å². The average molecular weight is 781 g/mol. The first-order valence-electron chi connectivity index (χ1n) is 23.9. The molecule has 1 aliphatic rings. The van der Waals surface area contributed by atoms with Gasteiger partial charge in [0.25, 0.3) is 0 Å². The van der Waals surface area contributed by atoms with Crippen LogP contribution in [0.5, 0.6) is 0 Å². The number of likely N-dealkylation sites (tertiary alicyclic amines) is 1. The quantitative estimate of drug-likeness (QED) is 0.0475. The van der Waals surface area contributed by atoms with Crippen molar-refractivity contribution in [1.29, 1.82) is 0 Å². The molecule has 2 atom stereocenters. The molecule has 324 valence electrons. The number of carbonyl (C=O) groups is 2. The third kappa shape index (κ3) is 29.1. The normalized spacial score (nSPS) is 16.7. The van der Waals surface area contributed by atoms with Gasteiger partial charge >= 0.3 is 6.09 Å². The lowest BCUT2D eigenvalue weighted by Gasteiger charge is -2.28. The maximum atomic E-state index is 13.8. The predicted octanol–water partition coefficient (Wildman–Crippen LogP) is 15.3. The summed E-state index contributed by atoms with van der Waals surface area (Å²) in [5, 5.41) is 0. The second-order valence-corrected chi connectivity index (χ2v) is 18.1. The maximum Gasteiger partial charge on any atom is 0.410 e. The zero-order valence-electron chi connectivity index (χ0n) is 38.2. The van der Waals surface area contributed by atoms with Crippen molar-refractivity contribution in [2.75, 3.05) is 20.6 Å². The minimum atomic E-state index is -0.574. The number of ether oxygens (including phenoxy) is 1. The van der Waals surface area contributed by atoms with Crippen LogP contribution < -0.4 is 0 Å². The Hall–Kier alpha value is -2.14. The van der Waals surface area contributed by atoms with Crippen molar-refractivity contribution in [3.8, 4) is 0 Å². The van der Waals surface area contributed by atoms with Crippen LogP contribution in [-0.4, -0.2) is 60.0 Å². The van der Waals surface area contributed by atoms with Gasteiger partial charge in [0.05, 0.1) is 6.04 Å². The third-order valence-corrected chi connectivity index (χ3v) is 11.4. The van der Waals surface area contributed by atoms with E-state index in [0.717, 1.165) is 19.3 Å². The van der Waals surface area contributed by atoms with Crippen LogP contribution in [0.15, 0.2) is 48.6 Å². The van der Waals surface area contributed by atoms with E-state index < -0.39 is 5.60 Å². The lowest BCUT2D eigenvalue weighted by atomic mass is 9.88. The zero-order chi connectivity index (χ0) is 41.1. The number of unbranched alkanes of at least 4 members (excludes halogenated alkanes) is 18. The second kappa shape index (κ2) is 34.9. The summed E-state index contributed by atoms with van der Waals surface area (Å²) in [4.78, 5) is 30.8. The van der Waals surface area contributed by atoms with Gasteiger partial charge in [-0.1, -0.05) is 165 Å². The predicted molar refractivity (Wildman–Crippen MR) is 245 cm³/mol. The Morgan fingerprint density at radius 2 is 1.02 bits per heavy atom. The molecule has 1 fully saturated rings. The van der Waals surface area contributed by atoms with Gasteiger partial charge in [0.2, 0.25) is 0 Å². The number of Topliss-reactive ketones (excluding diaryl/α,β-unsaturated/α-hetero) is 1. The van der Waals surface area contributed by atoms with E-state index in [-0.39, 0.29) is 24.0 Å². The van der Waals surface area contributed by atoms with Gasteiger partial charge in [-0.25, -0.2) is 4.79 Å². The Kier molecular flexibility index (Phi) is 32.3. The van der Waals surface area contributed by atoms with Crippen LogP contribution in [-0.2, 0) is 9.53 Å². The first-order valence-corrected chi connectivity index (χ1v) is 23.9. The summed E-state index contributed by atoms with van der Waals surface area (Å²) in [6, 6.07) is -0.189. The maximum absolute atomic E-state index is 13.8. The molecule has 1 aliphatic heterocycles. The Morgan fingerprint density at radius 3 is 1.43 bits per heavy atom. The van der Waals surface area contributed by atoms with Crippen molar-refractivity contribution >= 4 is 11.9 Å². The van der Waals surface area contributed by atoms with Gasteiger partial charge in [-0.3, -0.25) is 9.69 Å². The van der Waals surface area contributed by atoms with E-state index in [9.17, 15) is 9.59 Å². The summed E-state index contributed by atoms with van der Waals surface area (Å²) >= 11 is 0. The van der Waals surface area contributed by atoms with Crippen LogP contribution in [0.3, 0.4) is 0 Å². The third-order valence-electron chi connectivity index (χ3n) is 11.4.